The third kappa shape index (κ3) is 3.18. The topological polar surface area (TPSA) is 55.3 Å². The van der Waals surface area contributed by atoms with Gasteiger partial charge in [0.25, 0.3) is 5.91 Å². The third-order valence-corrected chi connectivity index (χ3v) is 4.06. The molecule has 2 atom stereocenters. The number of aromatic nitrogens is 2. The van der Waals surface area contributed by atoms with E-state index < -0.39 is 0 Å². The molecule has 1 saturated heterocycles. The second-order valence-corrected chi connectivity index (χ2v) is 6.23. The number of benzene rings is 1. The first kappa shape index (κ1) is 14.8. The van der Waals surface area contributed by atoms with Crippen molar-refractivity contribution in [2.45, 2.75) is 20.3 Å². The van der Waals surface area contributed by atoms with Crippen molar-refractivity contribution in [2.24, 2.45) is 11.8 Å². The van der Waals surface area contributed by atoms with Crippen LogP contribution in [0.4, 0.5) is 0 Å². The number of fused-ring (bicyclic) bond motifs is 1. The van der Waals surface area contributed by atoms with Crippen LogP contribution in [0.2, 0.25) is 0 Å². The summed E-state index contributed by atoms with van der Waals surface area (Å²) in [7, 11) is 0. The van der Waals surface area contributed by atoms with Crippen molar-refractivity contribution in [3.63, 3.8) is 0 Å². The van der Waals surface area contributed by atoms with Crippen molar-refractivity contribution in [3.05, 3.63) is 30.6 Å². The number of para-hydroxylation sites is 1. The van der Waals surface area contributed by atoms with Crippen LogP contribution < -0.4 is 4.74 Å². The predicted octanol–water partition coefficient (Wildman–Crippen LogP) is 2.51. The van der Waals surface area contributed by atoms with Gasteiger partial charge in [0.15, 0.2) is 6.61 Å². The van der Waals surface area contributed by atoms with Crippen molar-refractivity contribution in [1.29, 1.82) is 0 Å². The zero-order chi connectivity index (χ0) is 15.5. The number of likely N-dealkylation sites (tertiary alicyclic amines) is 1. The van der Waals surface area contributed by atoms with E-state index in [1.54, 1.807) is 0 Å². The summed E-state index contributed by atoms with van der Waals surface area (Å²) < 4.78 is 5.66. The fourth-order valence-electron chi connectivity index (χ4n) is 3.18. The Morgan fingerprint density at radius 1 is 1.23 bits per heavy atom. The average molecular weight is 299 g/mol. The van der Waals surface area contributed by atoms with Gasteiger partial charge in [-0.15, -0.1) is 0 Å². The van der Waals surface area contributed by atoms with Crippen LogP contribution in [-0.2, 0) is 4.79 Å². The highest BCUT2D eigenvalue weighted by molar-refractivity contribution is 5.84. The number of carbonyl (C=O) groups is 1. The normalized spacial score (nSPS) is 21.8. The van der Waals surface area contributed by atoms with Crippen LogP contribution in [0.3, 0.4) is 0 Å². The number of piperidine rings is 1. The van der Waals surface area contributed by atoms with Crippen LogP contribution in [0.15, 0.2) is 30.6 Å². The SMILES string of the molecule is C[C@@H]1C[C@H](C)CN(C(=O)COc2ncnc3ccccc23)C1. The van der Waals surface area contributed by atoms with Gasteiger partial charge in [-0.05, 0) is 30.4 Å². The molecule has 0 aliphatic carbocycles. The monoisotopic (exact) mass is 299 g/mol. The van der Waals surface area contributed by atoms with E-state index >= 15 is 0 Å². The minimum atomic E-state index is 0.0282. The molecule has 1 amide bonds. The standard InChI is InChI=1S/C17H21N3O2/c1-12-7-13(2)9-20(8-12)16(21)10-22-17-14-5-3-4-6-15(14)18-11-19-17/h3-6,11-13H,7-10H2,1-2H3/t12-,13+. The number of hydrogen-bond acceptors (Lipinski definition) is 4. The van der Waals surface area contributed by atoms with Gasteiger partial charge in [0.05, 0.1) is 10.9 Å². The van der Waals surface area contributed by atoms with E-state index in [0.29, 0.717) is 17.7 Å². The number of rotatable bonds is 3. The Hall–Kier alpha value is -2.17. The quantitative estimate of drug-likeness (QED) is 0.874. The van der Waals surface area contributed by atoms with Gasteiger partial charge in [-0.25, -0.2) is 9.97 Å². The molecule has 2 heterocycles. The van der Waals surface area contributed by atoms with Crippen molar-refractivity contribution in [3.8, 4) is 5.88 Å². The molecule has 0 saturated carbocycles. The summed E-state index contributed by atoms with van der Waals surface area (Å²) in [5.74, 6) is 1.60. The highest BCUT2D eigenvalue weighted by atomic mass is 16.5. The second kappa shape index (κ2) is 6.30. The summed E-state index contributed by atoms with van der Waals surface area (Å²) >= 11 is 0. The molecular formula is C17H21N3O2. The first-order valence-electron chi connectivity index (χ1n) is 7.74. The van der Waals surface area contributed by atoms with Crippen molar-refractivity contribution < 1.29 is 9.53 Å². The van der Waals surface area contributed by atoms with Crippen LogP contribution in [0.1, 0.15) is 20.3 Å². The summed E-state index contributed by atoms with van der Waals surface area (Å²) in [4.78, 5) is 22.6. The zero-order valence-corrected chi connectivity index (χ0v) is 13.0. The Labute approximate surface area is 130 Å². The predicted molar refractivity (Wildman–Crippen MR) is 84.6 cm³/mol. The first-order chi connectivity index (χ1) is 10.6. The molecule has 1 aromatic heterocycles. The van der Waals surface area contributed by atoms with Crippen LogP contribution in [0, 0.1) is 11.8 Å². The zero-order valence-electron chi connectivity index (χ0n) is 13.0. The van der Waals surface area contributed by atoms with Gasteiger partial charge in [0.1, 0.15) is 6.33 Å². The van der Waals surface area contributed by atoms with Crippen molar-refractivity contribution in [2.75, 3.05) is 19.7 Å². The maximum atomic E-state index is 12.4. The molecule has 1 fully saturated rings. The summed E-state index contributed by atoms with van der Waals surface area (Å²) in [6, 6.07) is 7.63. The molecule has 1 aliphatic heterocycles. The maximum Gasteiger partial charge on any atom is 0.260 e. The minimum Gasteiger partial charge on any atom is -0.467 e. The molecule has 0 bridgehead atoms. The largest absolute Gasteiger partial charge is 0.467 e. The van der Waals surface area contributed by atoms with Crippen molar-refractivity contribution >= 4 is 16.8 Å². The Bertz CT molecular complexity index is 659. The Morgan fingerprint density at radius 3 is 2.73 bits per heavy atom. The molecule has 1 aromatic carbocycles. The number of hydrogen-bond donors (Lipinski definition) is 0. The van der Waals surface area contributed by atoms with Gasteiger partial charge in [-0.2, -0.15) is 0 Å². The third-order valence-electron chi connectivity index (χ3n) is 4.06. The molecule has 5 heteroatoms. The molecule has 0 spiro atoms. The summed E-state index contributed by atoms with van der Waals surface area (Å²) in [6.07, 6.45) is 2.65. The highest BCUT2D eigenvalue weighted by Gasteiger charge is 2.25. The van der Waals surface area contributed by atoms with E-state index in [1.165, 1.54) is 12.7 Å². The Kier molecular flexibility index (Phi) is 4.22. The lowest BCUT2D eigenvalue weighted by molar-refractivity contribution is -0.136. The number of carbonyl (C=O) groups excluding carboxylic acids is 1. The molecule has 22 heavy (non-hydrogen) atoms. The van der Waals surface area contributed by atoms with Gasteiger partial charge < -0.3 is 9.64 Å². The molecule has 3 rings (SSSR count). The van der Waals surface area contributed by atoms with E-state index in [-0.39, 0.29) is 12.5 Å². The minimum absolute atomic E-state index is 0.0282. The number of ether oxygens (including phenoxy) is 1. The molecule has 1 aliphatic rings. The molecule has 2 aromatic rings. The Morgan fingerprint density at radius 2 is 1.95 bits per heavy atom. The van der Waals surface area contributed by atoms with E-state index in [9.17, 15) is 4.79 Å². The fourth-order valence-corrected chi connectivity index (χ4v) is 3.18. The van der Waals surface area contributed by atoms with E-state index in [2.05, 4.69) is 23.8 Å². The van der Waals surface area contributed by atoms with Gasteiger partial charge in [0, 0.05) is 13.1 Å². The molecule has 0 unspecified atom stereocenters. The van der Waals surface area contributed by atoms with Crippen LogP contribution in [-0.4, -0.2) is 40.5 Å². The van der Waals surface area contributed by atoms with Gasteiger partial charge in [-0.1, -0.05) is 26.0 Å². The number of amides is 1. The summed E-state index contributed by atoms with van der Waals surface area (Å²) in [6.45, 7) is 6.04. The van der Waals surface area contributed by atoms with Crippen LogP contribution in [0.25, 0.3) is 10.9 Å². The number of nitrogens with zero attached hydrogens (tertiary/aromatic N) is 3. The highest BCUT2D eigenvalue weighted by Crippen LogP contribution is 2.22. The molecule has 0 radical (unpaired) electrons. The summed E-state index contributed by atoms with van der Waals surface area (Å²) in [5.41, 5.74) is 0.820. The van der Waals surface area contributed by atoms with Crippen LogP contribution in [0.5, 0.6) is 5.88 Å². The second-order valence-electron chi connectivity index (χ2n) is 6.23. The lowest BCUT2D eigenvalue weighted by Gasteiger charge is -2.34. The van der Waals surface area contributed by atoms with Crippen LogP contribution >= 0.6 is 0 Å². The van der Waals surface area contributed by atoms with Gasteiger partial charge in [-0.3, -0.25) is 4.79 Å². The lowest BCUT2D eigenvalue weighted by Crippen LogP contribution is -2.44. The molecule has 5 nitrogen and oxygen atoms in total. The Balaban J connectivity index is 1.67. The smallest absolute Gasteiger partial charge is 0.260 e. The van der Waals surface area contributed by atoms with Crippen molar-refractivity contribution in [1.82, 2.24) is 14.9 Å². The first-order valence-corrected chi connectivity index (χ1v) is 7.74. The van der Waals surface area contributed by atoms with E-state index in [1.807, 2.05) is 29.2 Å². The maximum absolute atomic E-state index is 12.4. The summed E-state index contributed by atoms with van der Waals surface area (Å²) in [5, 5.41) is 0.832. The van der Waals surface area contributed by atoms with Gasteiger partial charge >= 0.3 is 0 Å². The fraction of sp³-hybridized carbons (Fsp3) is 0.471. The molecule has 0 N–H and O–H groups in total. The van der Waals surface area contributed by atoms with E-state index in [0.717, 1.165) is 24.0 Å². The van der Waals surface area contributed by atoms with Gasteiger partial charge in [0.2, 0.25) is 5.88 Å². The molecule has 116 valence electrons. The molecular weight excluding hydrogens is 278 g/mol. The average Bonchev–Trinajstić information content (AvgIpc) is 2.51. The van der Waals surface area contributed by atoms with E-state index in [4.69, 9.17) is 4.74 Å². The lowest BCUT2D eigenvalue weighted by atomic mass is 9.92.